The number of aliphatic hydroxyl groups excluding tert-OH is 1. The van der Waals surface area contributed by atoms with Gasteiger partial charge in [-0.25, -0.2) is 31.6 Å². The molecular formula is C20H19F3N4O3S2. The van der Waals surface area contributed by atoms with Gasteiger partial charge >= 0.3 is 0 Å². The number of hydrogen-bond donors (Lipinski definition) is 3. The van der Waals surface area contributed by atoms with E-state index in [2.05, 4.69) is 20.0 Å². The molecule has 0 aliphatic rings. The van der Waals surface area contributed by atoms with Crippen molar-refractivity contribution in [1.29, 1.82) is 0 Å². The molecule has 0 radical (unpaired) electrons. The highest BCUT2D eigenvalue weighted by Crippen LogP contribution is 2.26. The molecule has 1 heterocycles. The molecule has 3 N–H and O–H groups in total. The molecule has 170 valence electrons. The van der Waals surface area contributed by atoms with Crippen LogP contribution in [0.2, 0.25) is 0 Å². The Bertz CT molecular complexity index is 1200. The van der Waals surface area contributed by atoms with Gasteiger partial charge in [0.1, 0.15) is 16.5 Å². The number of rotatable bonds is 9. The van der Waals surface area contributed by atoms with Crippen molar-refractivity contribution in [2.24, 2.45) is 0 Å². The lowest BCUT2D eigenvalue weighted by Gasteiger charge is -2.15. The maximum Gasteiger partial charge on any atom is 0.266 e. The molecule has 0 bridgehead atoms. The molecule has 0 saturated carbocycles. The first-order chi connectivity index (χ1) is 15.2. The Morgan fingerprint density at radius 1 is 1.03 bits per heavy atom. The topological polar surface area (TPSA) is 104 Å². The van der Waals surface area contributed by atoms with Gasteiger partial charge in [-0.15, -0.1) is 0 Å². The van der Waals surface area contributed by atoms with E-state index in [0.29, 0.717) is 17.9 Å². The van der Waals surface area contributed by atoms with E-state index in [1.54, 1.807) is 6.92 Å². The molecule has 12 heteroatoms. The van der Waals surface area contributed by atoms with Gasteiger partial charge in [0, 0.05) is 17.9 Å². The summed E-state index contributed by atoms with van der Waals surface area (Å²) in [6.07, 6.45) is 0. The van der Waals surface area contributed by atoms with Crippen molar-refractivity contribution < 1.29 is 26.7 Å². The van der Waals surface area contributed by atoms with E-state index in [1.165, 1.54) is 17.8 Å². The fourth-order valence-electron chi connectivity index (χ4n) is 2.54. The Hall–Kier alpha value is -2.83. The zero-order valence-corrected chi connectivity index (χ0v) is 18.4. The van der Waals surface area contributed by atoms with Crippen LogP contribution < -0.4 is 10.0 Å². The first kappa shape index (κ1) is 23.8. The normalized spacial score (nSPS) is 12.4. The molecule has 32 heavy (non-hydrogen) atoms. The van der Waals surface area contributed by atoms with E-state index in [9.17, 15) is 26.7 Å². The Labute approximate surface area is 187 Å². The first-order valence-electron chi connectivity index (χ1n) is 9.29. The number of nitrogens with zero attached hydrogens (tertiary/aromatic N) is 2. The maximum absolute atomic E-state index is 14.0. The van der Waals surface area contributed by atoms with Crippen LogP contribution in [-0.4, -0.2) is 36.1 Å². The number of hydrogen-bond acceptors (Lipinski definition) is 7. The van der Waals surface area contributed by atoms with Crippen molar-refractivity contribution in [3.8, 4) is 0 Å². The summed E-state index contributed by atoms with van der Waals surface area (Å²) < 4.78 is 68.0. The van der Waals surface area contributed by atoms with Gasteiger partial charge in [-0.1, -0.05) is 42.1 Å². The molecule has 2 aromatic carbocycles. The molecule has 7 nitrogen and oxygen atoms in total. The third-order valence-corrected chi connectivity index (χ3v) is 6.40. The average Bonchev–Trinajstić information content (AvgIpc) is 2.76. The van der Waals surface area contributed by atoms with E-state index >= 15 is 0 Å². The van der Waals surface area contributed by atoms with Gasteiger partial charge in [0.05, 0.1) is 6.61 Å². The van der Waals surface area contributed by atoms with E-state index in [4.69, 9.17) is 0 Å². The molecule has 1 atom stereocenters. The third kappa shape index (κ3) is 5.90. The number of thioether (sulfide) groups is 1. The minimum Gasteiger partial charge on any atom is -0.394 e. The second-order valence-corrected chi connectivity index (χ2v) is 9.30. The zero-order chi connectivity index (χ0) is 23.3. The third-order valence-electron chi connectivity index (χ3n) is 4.11. The van der Waals surface area contributed by atoms with E-state index in [1.807, 2.05) is 30.3 Å². The molecule has 0 saturated heterocycles. The molecule has 1 aromatic heterocycles. The van der Waals surface area contributed by atoms with Crippen LogP contribution >= 0.6 is 11.8 Å². The van der Waals surface area contributed by atoms with Crippen molar-refractivity contribution >= 4 is 33.4 Å². The predicted octanol–water partition coefficient (Wildman–Crippen LogP) is 3.78. The van der Waals surface area contributed by atoms with Gasteiger partial charge < -0.3 is 10.4 Å². The minimum absolute atomic E-state index is 0.201. The molecule has 3 rings (SSSR count). The summed E-state index contributed by atoms with van der Waals surface area (Å²) in [4.78, 5) is 7.36. The highest BCUT2D eigenvalue weighted by molar-refractivity contribution is 7.98. The zero-order valence-electron chi connectivity index (χ0n) is 16.7. The van der Waals surface area contributed by atoms with Crippen LogP contribution in [0.3, 0.4) is 0 Å². The van der Waals surface area contributed by atoms with E-state index < -0.39 is 38.4 Å². The SMILES string of the molecule is C[C@H](CO)Nc1cc(NS(=O)(=O)c2ccc(F)c(F)c2F)nc(SCc2ccccc2)n1. The molecule has 0 aliphatic heterocycles. The average molecular weight is 485 g/mol. The lowest BCUT2D eigenvalue weighted by molar-refractivity contribution is 0.281. The summed E-state index contributed by atoms with van der Waals surface area (Å²) in [5.74, 6) is -4.75. The number of halogens is 3. The second kappa shape index (κ2) is 10.2. The lowest BCUT2D eigenvalue weighted by atomic mass is 10.2. The van der Waals surface area contributed by atoms with Gasteiger partial charge in [-0.2, -0.15) is 0 Å². The summed E-state index contributed by atoms with van der Waals surface area (Å²) in [5.41, 5.74) is 0.981. The van der Waals surface area contributed by atoms with Crippen LogP contribution in [0.25, 0.3) is 0 Å². The van der Waals surface area contributed by atoms with Gasteiger partial charge in [0.25, 0.3) is 10.0 Å². The van der Waals surface area contributed by atoms with Crippen molar-refractivity contribution in [2.75, 3.05) is 16.6 Å². The van der Waals surface area contributed by atoms with Gasteiger partial charge in [-0.3, -0.25) is 4.72 Å². The molecule has 0 fully saturated rings. The Kier molecular flexibility index (Phi) is 7.59. The highest BCUT2D eigenvalue weighted by Gasteiger charge is 2.25. The lowest BCUT2D eigenvalue weighted by Crippen LogP contribution is -2.21. The highest BCUT2D eigenvalue weighted by atomic mass is 32.2. The largest absolute Gasteiger partial charge is 0.394 e. The standard InChI is InChI=1S/C20H19F3N4O3S2/c1-12(10-28)24-16-9-17(26-20(25-16)31-11-13-5-3-2-4-6-13)27-32(29,30)15-8-7-14(21)18(22)19(15)23/h2-9,12,28H,10-11H2,1H3,(H2,24,25,26,27)/t12-/m1/s1. The number of aliphatic hydroxyl groups is 1. The van der Waals surface area contributed by atoms with Crippen molar-refractivity contribution in [1.82, 2.24) is 9.97 Å². The van der Waals surface area contributed by atoms with Crippen molar-refractivity contribution in [3.63, 3.8) is 0 Å². The van der Waals surface area contributed by atoms with Gasteiger partial charge in [-0.05, 0) is 24.6 Å². The van der Waals surface area contributed by atoms with Crippen LogP contribution in [0.15, 0.2) is 58.6 Å². The van der Waals surface area contributed by atoms with Crippen LogP contribution in [0.5, 0.6) is 0 Å². The summed E-state index contributed by atoms with van der Waals surface area (Å²) in [6.45, 7) is 1.47. The smallest absolute Gasteiger partial charge is 0.266 e. The molecular weight excluding hydrogens is 465 g/mol. The Morgan fingerprint density at radius 3 is 2.41 bits per heavy atom. The quantitative estimate of drug-likeness (QED) is 0.241. The molecule has 3 aromatic rings. The second-order valence-electron chi connectivity index (χ2n) is 6.70. The fraction of sp³-hybridized carbons (Fsp3) is 0.200. The summed E-state index contributed by atoms with van der Waals surface area (Å²) in [6, 6.07) is 11.4. The van der Waals surface area contributed by atoms with E-state index in [-0.39, 0.29) is 23.4 Å². The van der Waals surface area contributed by atoms with Crippen LogP contribution in [0, 0.1) is 17.5 Å². The van der Waals surface area contributed by atoms with Gasteiger partial charge in [0.2, 0.25) is 0 Å². The van der Waals surface area contributed by atoms with E-state index in [0.717, 1.165) is 5.56 Å². The van der Waals surface area contributed by atoms with Crippen molar-refractivity contribution in [2.45, 2.75) is 28.8 Å². The number of nitrogens with one attached hydrogen (secondary N) is 2. The Balaban J connectivity index is 1.91. The number of benzene rings is 2. The number of anilines is 2. The summed E-state index contributed by atoms with van der Waals surface area (Å²) >= 11 is 1.22. The fourth-order valence-corrected chi connectivity index (χ4v) is 4.42. The molecule has 0 aliphatic carbocycles. The van der Waals surface area contributed by atoms with Crippen LogP contribution in [0.4, 0.5) is 24.8 Å². The summed E-state index contributed by atoms with van der Waals surface area (Å²) in [7, 11) is -4.63. The van der Waals surface area contributed by atoms with Crippen LogP contribution in [0.1, 0.15) is 12.5 Å². The molecule has 0 spiro atoms. The predicted molar refractivity (Wildman–Crippen MR) is 115 cm³/mol. The molecule has 0 unspecified atom stereocenters. The van der Waals surface area contributed by atoms with Crippen LogP contribution in [-0.2, 0) is 15.8 Å². The number of sulfonamides is 1. The monoisotopic (exact) mass is 484 g/mol. The summed E-state index contributed by atoms with van der Waals surface area (Å²) in [5, 5.41) is 12.4. The Morgan fingerprint density at radius 2 is 1.72 bits per heavy atom. The first-order valence-corrected chi connectivity index (χ1v) is 11.8. The van der Waals surface area contributed by atoms with Gasteiger partial charge in [0.15, 0.2) is 22.6 Å². The van der Waals surface area contributed by atoms with Crippen molar-refractivity contribution in [3.05, 3.63) is 71.5 Å². The maximum atomic E-state index is 14.0. The number of aromatic nitrogens is 2. The molecule has 0 amide bonds. The minimum atomic E-state index is -4.63.